The third-order valence-corrected chi connectivity index (χ3v) is 7.49. The van der Waals surface area contributed by atoms with Crippen LogP contribution in [-0.4, -0.2) is 54.7 Å². The number of allylic oxidation sites excluding steroid dienone is 1. The zero-order valence-electron chi connectivity index (χ0n) is 22.6. The lowest BCUT2D eigenvalue weighted by Crippen LogP contribution is -2.23. The number of H-pyrrole nitrogens is 2. The van der Waals surface area contributed by atoms with Crippen molar-refractivity contribution < 1.29 is 4.39 Å². The predicted octanol–water partition coefficient (Wildman–Crippen LogP) is 4.87. The summed E-state index contributed by atoms with van der Waals surface area (Å²) in [7, 11) is 0. The second-order valence-electron chi connectivity index (χ2n) is 10.2. The molecule has 2 N–H and O–H groups in total. The molecule has 1 saturated heterocycles. The highest BCUT2D eigenvalue weighted by atomic mass is 19.1. The van der Waals surface area contributed by atoms with E-state index in [0.29, 0.717) is 22.7 Å². The molecule has 1 fully saturated rings. The quantitative estimate of drug-likeness (QED) is 0.297. The molecule has 0 unspecified atom stereocenters. The van der Waals surface area contributed by atoms with Gasteiger partial charge in [0.1, 0.15) is 17.0 Å². The van der Waals surface area contributed by atoms with Gasteiger partial charge < -0.3 is 9.88 Å². The zero-order valence-corrected chi connectivity index (χ0v) is 22.6. The maximum Gasteiger partial charge on any atom is 0.159 e. The van der Waals surface area contributed by atoms with Gasteiger partial charge in [-0.25, -0.2) is 9.37 Å². The third-order valence-electron chi connectivity index (χ3n) is 7.49. The smallest absolute Gasteiger partial charge is 0.159 e. The van der Waals surface area contributed by atoms with E-state index in [9.17, 15) is 4.39 Å². The molecule has 0 bridgehead atoms. The molecule has 0 atom stereocenters. The van der Waals surface area contributed by atoms with E-state index >= 15 is 0 Å². The van der Waals surface area contributed by atoms with Crippen molar-refractivity contribution in [3.8, 4) is 22.8 Å². The molecule has 7 nitrogen and oxygen atoms in total. The van der Waals surface area contributed by atoms with Crippen molar-refractivity contribution in [1.82, 2.24) is 35.0 Å². The molecule has 1 aromatic carbocycles. The molecular formula is C32H32FN7. The molecule has 0 saturated carbocycles. The van der Waals surface area contributed by atoms with Crippen LogP contribution in [-0.2, 0) is 6.42 Å². The summed E-state index contributed by atoms with van der Waals surface area (Å²) in [5.74, 6) is 0.342. The van der Waals surface area contributed by atoms with Gasteiger partial charge in [0, 0.05) is 29.4 Å². The van der Waals surface area contributed by atoms with Crippen LogP contribution in [0.25, 0.3) is 51.5 Å². The summed E-state index contributed by atoms with van der Waals surface area (Å²) in [6, 6.07) is 10.9. The molecular weight excluding hydrogens is 501 g/mol. The SMILES string of the molecule is C=C(/C=c1/c(-c2nc3c(-c4cc(F)cc(CCCN5CCCC5)c4)nccc3[nH]2)n[nH]/c1=C/C)c1ccncc1. The van der Waals surface area contributed by atoms with Gasteiger partial charge in [0.05, 0.1) is 16.6 Å². The summed E-state index contributed by atoms with van der Waals surface area (Å²) >= 11 is 0. The number of imidazole rings is 1. The molecule has 202 valence electrons. The maximum absolute atomic E-state index is 14.8. The van der Waals surface area contributed by atoms with Crippen LogP contribution in [0.5, 0.6) is 0 Å². The molecule has 1 aliphatic rings. The Labute approximate surface area is 232 Å². The van der Waals surface area contributed by atoms with Gasteiger partial charge in [0.25, 0.3) is 0 Å². The van der Waals surface area contributed by atoms with Crippen LogP contribution < -0.4 is 10.6 Å². The Morgan fingerprint density at radius 2 is 1.90 bits per heavy atom. The number of benzene rings is 1. The van der Waals surface area contributed by atoms with Gasteiger partial charge in [0.2, 0.25) is 0 Å². The minimum absolute atomic E-state index is 0.259. The predicted molar refractivity (Wildman–Crippen MR) is 158 cm³/mol. The number of halogens is 1. The van der Waals surface area contributed by atoms with Crippen molar-refractivity contribution >= 4 is 28.8 Å². The van der Waals surface area contributed by atoms with Crippen LogP contribution in [0.1, 0.15) is 37.3 Å². The Morgan fingerprint density at radius 1 is 1.07 bits per heavy atom. The number of rotatable bonds is 8. The lowest BCUT2D eigenvalue weighted by Gasteiger charge is -2.14. The normalized spacial score (nSPS) is 14.9. The van der Waals surface area contributed by atoms with E-state index < -0.39 is 0 Å². The number of aromatic amines is 2. The minimum atomic E-state index is -0.259. The molecule has 5 heterocycles. The van der Waals surface area contributed by atoms with Crippen molar-refractivity contribution in [1.29, 1.82) is 0 Å². The van der Waals surface area contributed by atoms with E-state index in [1.165, 1.54) is 32.0 Å². The Morgan fingerprint density at radius 3 is 2.70 bits per heavy atom. The lowest BCUT2D eigenvalue weighted by molar-refractivity contribution is 0.334. The number of fused-ring (bicyclic) bond motifs is 1. The molecule has 0 spiro atoms. The molecule has 0 aliphatic carbocycles. The number of hydrogen-bond acceptors (Lipinski definition) is 5. The lowest BCUT2D eigenvalue weighted by atomic mass is 10.0. The van der Waals surface area contributed by atoms with E-state index in [4.69, 9.17) is 4.98 Å². The largest absolute Gasteiger partial charge is 0.336 e. The first-order valence-electron chi connectivity index (χ1n) is 13.8. The monoisotopic (exact) mass is 533 g/mol. The fourth-order valence-electron chi connectivity index (χ4n) is 5.44. The van der Waals surface area contributed by atoms with Crippen molar-refractivity contribution in [2.24, 2.45) is 0 Å². The summed E-state index contributed by atoms with van der Waals surface area (Å²) in [5.41, 5.74) is 6.32. The molecule has 5 aromatic rings. The molecule has 40 heavy (non-hydrogen) atoms. The van der Waals surface area contributed by atoms with Crippen LogP contribution >= 0.6 is 0 Å². The Balaban J connectivity index is 1.35. The third kappa shape index (κ3) is 5.35. The number of likely N-dealkylation sites (tertiary alicyclic amines) is 1. The van der Waals surface area contributed by atoms with E-state index in [0.717, 1.165) is 57.7 Å². The van der Waals surface area contributed by atoms with Gasteiger partial charge in [-0.05, 0) is 111 Å². The fourth-order valence-corrected chi connectivity index (χ4v) is 5.44. The molecule has 0 radical (unpaired) electrons. The van der Waals surface area contributed by atoms with E-state index in [1.807, 2.05) is 43.3 Å². The van der Waals surface area contributed by atoms with E-state index in [1.54, 1.807) is 24.7 Å². The summed E-state index contributed by atoms with van der Waals surface area (Å²) < 4.78 is 14.8. The number of aryl methyl sites for hydroxylation is 1. The number of aromatic nitrogens is 6. The highest BCUT2D eigenvalue weighted by Crippen LogP contribution is 2.28. The van der Waals surface area contributed by atoms with Gasteiger partial charge in [-0.3, -0.25) is 15.1 Å². The van der Waals surface area contributed by atoms with Gasteiger partial charge in [0.15, 0.2) is 5.82 Å². The maximum atomic E-state index is 14.8. The molecule has 1 aliphatic heterocycles. The summed E-state index contributed by atoms with van der Waals surface area (Å²) in [5, 5.41) is 9.43. The Hall–Kier alpha value is -4.43. The number of nitrogens with one attached hydrogen (secondary N) is 2. The Bertz CT molecular complexity index is 1780. The highest BCUT2D eigenvalue weighted by molar-refractivity contribution is 5.92. The van der Waals surface area contributed by atoms with Crippen LogP contribution in [0.15, 0.2) is 61.6 Å². The fraction of sp³-hybridized carbons (Fsp3) is 0.250. The Kier molecular flexibility index (Phi) is 7.33. The van der Waals surface area contributed by atoms with E-state index in [2.05, 4.69) is 36.6 Å². The van der Waals surface area contributed by atoms with Crippen molar-refractivity contribution in [2.45, 2.75) is 32.6 Å². The van der Waals surface area contributed by atoms with Crippen molar-refractivity contribution in [3.63, 3.8) is 0 Å². The second kappa shape index (κ2) is 11.4. The van der Waals surface area contributed by atoms with Crippen LogP contribution in [0.3, 0.4) is 0 Å². The van der Waals surface area contributed by atoms with Gasteiger partial charge in [-0.15, -0.1) is 0 Å². The molecule has 6 rings (SSSR count). The number of hydrogen-bond donors (Lipinski definition) is 2. The van der Waals surface area contributed by atoms with Crippen LogP contribution in [0, 0.1) is 5.82 Å². The summed E-state index contributed by atoms with van der Waals surface area (Å²) in [6.07, 6.45) is 13.6. The zero-order chi connectivity index (χ0) is 27.5. The topological polar surface area (TPSA) is 86.4 Å². The molecule has 8 heteroatoms. The van der Waals surface area contributed by atoms with Crippen molar-refractivity contribution in [3.05, 3.63) is 89.1 Å². The van der Waals surface area contributed by atoms with Crippen LogP contribution in [0.2, 0.25) is 0 Å². The molecule has 0 amide bonds. The molecule has 4 aromatic heterocycles. The van der Waals surface area contributed by atoms with E-state index in [-0.39, 0.29) is 5.82 Å². The first-order valence-corrected chi connectivity index (χ1v) is 13.8. The van der Waals surface area contributed by atoms with Gasteiger partial charge >= 0.3 is 0 Å². The first-order chi connectivity index (χ1) is 19.6. The second-order valence-corrected chi connectivity index (χ2v) is 10.2. The average molecular weight is 534 g/mol. The number of pyridine rings is 2. The summed E-state index contributed by atoms with van der Waals surface area (Å²) in [4.78, 5) is 19.5. The minimum Gasteiger partial charge on any atom is -0.336 e. The first kappa shape index (κ1) is 25.8. The van der Waals surface area contributed by atoms with Gasteiger partial charge in [-0.2, -0.15) is 5.10 Å². The van der Waals surface area contributed by atoms with Crippen molar-refractivity contribution in [2.75, 3.05) is 19.6 Å². The number of nitrogens with zero attached hydrogens (tertiary/aromatic N) is 5. The summed E-state index contributed by atoms with van der Waals surface area (Å²) in [6.45, 7) is 9.60. The van der Waals surface area contributed by atoms with Crippen LogP contribution in [0.4, 0.5) is 4.39 Å². The average Bonchev–Trinajstić information content (AvgIpc) is 3.73. The van der Waals surface area contributed by atoms with Gasteiger partial charge in [-0.1, -0.05) is 12.7 Å². The highest BCUT2D eigenvalue weighted by Gasteiger charge is 2.16. The standard InChI is InChI=1S/C32H32FN7/c1-3-27-26(17-21(2)23-8-11-34-12-9-23)30(39-38-27)32-36-28-10-13-35-29(31(28)37-32)24-18-22(19-25(33)20-24)7-6-16-40-14-4-5-15-40/h3,8-13,17-20,38H,2,4-7,14-16H2,1H3,(H,36,37)/b26-17+,27-3+.